The Balaban J connectivity index is 1.81. The van der Waals surface area contributed by atoms with Crippen LogP contribution in [-0.4, -0.2) is 29.3 Å². The first-order chi connectivity index (χ1) is 10.2. The normalized spacial score (nSPS) is 13.0. The van der Waals surface area contributed by atoms with Crippen molar-refractivity contribution in [3.63, 3.8) is 0 Å². The molecule has 0 fully saturated rings. The number of aliphatic imine (C=N–C) groups is 1. The number of hydrogen-bond acceptors (Lipinski definition) is 2. The predicted molar refractivity (Wildman–Crippen MR) is 86.3 cm³/mol. The summed E-state index contributed by atoms with van der Waals surface area (Å²) in [7, 11) is 1.78. The van der Waals surface area contributed by atoms with Gasteiger partial charge in [0.2, 0.25) is 0 Å². The van der Waals surface area contributed by atoms with Crippen molar-refractivity contribution in [1.29, 1.82) is 0 Å². The largest absolute Gasteiger partial charge is 0.355 e. The highest BCUT2D eigenvalue weighted by Gasteiger charge is 2.06. The minimum Gasteiger partial charge on any atom is -0.355 e. The molecule has 1 atom stereocenters. The molecule has 2 rings (SSSR count). The summed E-state index contributed by atoms with van der Waals surface area (Å²) in [5, 5.41) is 11.0. The zero-order valence-electron chi connectivity index (χ0n) is 12.9. The highest BCUT2D eigenvalue weighted by Crippen LogP contribution is 2.10. The molecule has 0 aliphatic heterocycles. The molecule has 2 N–H and O–H groups in total. The van der Waals surface area contributed by atoms with Gasteiger partial charge in [0, 0.05) is 19.8 Å². The minimum atomic E-state index is 0.212. The maximum atomic E-state index is 4.26. The molecule has 2 aromatic rings. The molecule has 0 aliphatic rings. The van der Waals surface area contributed by atoms with E-state index in [0.29, 0.717) is 0 Å². The summed E-state index contributed by atoms with van der Waals surface area (Å²) in [6, 6.07) is 10.5. The molecule has 1 unspecified atom stereocenters. The molecular weight excluding hydrogens is 262 g/mol. The van der Waals surface area contributed by atoms with E-state index in [1.165, 1.54) is 11.1 Å². The number of benzene rings is 1. The highest BCUT2D eigenvalue weighted by atomic mass is 15.3. The van der Waals surface area contributed by atoms with Gasteiger partial charge in [-0.05, 0) is 25.0 Å². The van der Waals surface area contributed by atoms with Crippen LogP contribution in [0.3, 0.4) is 0 Å². The third-order valence-corrected chi connectivity index (χ3v) is 3.27. The molecule has 0 radical (unpaired) electrons. The van der Waals surface area contributed by atoms with Gasteiger partial charge in [0.05, 0.1) is 18.8 Å². The first-order valence-corrected chi connectivity index (χ1v) is 7.20. The van der Waals surface area contributed by atoms with Crippen LogP contribution in [0.4, 0.5) is 0 Å². The average molecular weight is 285 g/mol. The second kappa shape index (κ2) is 7.47. The summed E-state index contributed by atoms with van der Waals surface area (Å²) < 4.78 is 1.93. The quantitative estimate of drug-likeness (QED) is 0.653. The van der Waals surface area contributed by atoms with E-state index in [0.717, 1.165) is 19.0 Å². The lowest BCUT2D eigenvalue weighted by molar-refractivity contribution is 0.591. The second-order valence-corrected chi connectivity index (χ2v) is 5.06. The predicted octanol–water partition coefficient (Wildman–Crippen LogP) is 2.12. The van der Waals surface area contributed by atoms with Gasteiger partial charge < -0.3 is 10.6 Å². The van der Waals surface area contributed by atoms with Crippen molar-refractivity contribution < 1.29 is 0 Å². The van der Waals surface area contributed by atoms with Crippen molar-refractivity contribution >= 4 is 5.96 Å². The zero-order chi connectivity index (χ0) is 15.1. The maximum Gasteiger partial charge on any atom is 0.191 e. The van der Waals surface area contributed by atoms with Crippen molar-refractivity contribution in [2.75, 3.05) is 13.6 Å². The number of aromatic nitrogens is 2. The molecule has 0 saturated heterocycles. The molecule has 0 spiro atoms. The fourth-order valence-corrected chi connectivity index (χ4v) is 2.10. The molecule has 21 heavy (non-hydrogen) atoms. The highest BCUT2D eigenvalue weighted by molar-refractivity contribution is 5.80. The van der Waals surface area contributed by atoms with Crippen LogP contribution in [0.2, 0.25) is 0 Å². The Hall–Kier alpha value is -2.30. The van der Waals surface area contributed by atoms with E-state index in [-0.39, 0.29) is 6.04 Å². The second-order valence-electron chi connectivity index (χ2n) is 5.06. The molecule has 0 bridgehead atoms. The van der Waals surface area contributed by atoms with Gasteiger partial charge in [0.1, 0.15) is 0 Å². The molecule has 0 amide bonds. The smallest absolute Gasteiger partial charge is 0.191 e. The average Bonchev–Trinajstić information content (AvgIpc) is 2.92. The Morgan fingerprint density at radius 1 is 1.33 bits per heavy atom. The van der Waals surface area contributed by atoms with Crippen LogP contribution in [0.5, 0.6) is 0 Å². The standard InChI is InChI=1S/C16H23N5/c1-13-11-19-21(12-13)10-9-18-16(17-3)20-14(2)15-7-5-4-6-8-15/h4-8,11-12,14H,9-10H2,1-3H3,(H2,17,18,20). The molecule has 0 aliphatic carbocycles. The number of guanidine groups is 1. The number of nitrogens with one attached hydrogen (secondary N) is 2. The third kappa shape index (κ3) is 4.63. The Kier molecular flexibility index (Phi) is 5.37. The summed E-state index contributed by atoms with van der Waals surface area (Å²) in [5.74, 6) is 0.801. The van der Waals surface area contributed by atoms with E-state index in [4.69, 9.17) is 0 Å². The van der Waals surface area contributed by atoms with Gasteiger partial charge in [-0.15, -0.1) is 0 Å². The van der Waals surface area contributed by atoms with Gasteiger partial charge in [-0.25, -0.2) is 0 Å². The summed E-state index contributed by atoms with van der Waals surface area (Å²) in [6.45, 7) is 5.76. The van der Waals surface area contributed by atoms with Crippen LogP contribution >= 0.6 is 0 Å². The Bertz CT molecular complexity index is 573. The van der Waals surface area contributed by atoms with Gasteiger partial charge in [-0.2, -0.15) is 5.10 Å². The molecule has 5 nitrogen and oxygen atoms in total. The molecule has 5 heteroatoms. The van der Waals surface area contributed by atoms with Crippen LogP contribution in [0, 0.1) is 6.92 Å². The van der Waals surface area contributed by atoms with Crippen molar-refractivity contribution in [3.8, 4) is 0 Å². The van der Waals surface area contributed by atoms with E-state index < -0.39 is 0 Å². The SMILES string of the molecule is CN=C(NCCn1cc(C)cn1)NC(C)c1ccccc1. The lowest BCUT2D eigenvalue weighted by atomic mass is 10.1. The monoisotopic (exact) mass is 285 g/mol. The van der Waals surface area contributed by atoms with Gasteiger partial charge in [-0.1, -0.05) is 30.3 Å². The molecule has 0 saturated carbocycles. The molecular formula is C16H23N5. The topological polar surface area (TPSA) is 54.2 Å². The van der Waals surface area contributed by atoms with Gasteiger partial charge in [0.25, 0.3) is 0 Å². The van der Waals surface area contributed by atoms with Crippen molar-refractivity contribution in [2.24, 2.45) is 4.99 Å². The minimum absolute atomic E-state index is 0.212. The van der Waals surface area contributed by atoms with E-state index in [2.05, 4.69) is 39.8 Å². The first kappa shape index (κ1) is 15.1. The number of nitrogens with zero attached hydrogens (tertiary/aromatic N) is 3. The number of aryl methyl sites for hydroxylation is 1. The number of hydrogen-bond donors (Lipinski definition) is 2. The van der Waals surface area contributed by atoms with Crippen molar-refractivity contribution in [2.45, 2.75) is 26.4 Å². The van der Waals surface area contributed by atoms with E-state index in [1.807, 2.05) is 42.2 Å². The lowest BCUT2D eigenvalue weighted by Crippen LogP contribution is -2.40. The number of rotatable bonds is 5. The maximum absolute atomic E-state index is 4.26. The van der Waals surface area contributed by atoms with Crippen LogP contribution in [-0.2, 0) is 6.54 Å². The fourth-order valence-electron chi connectivity index (χ4n) is 2.10. The van der Waals surface area contributed by atoms with Crippen LogP contribution in [0.25, 0.3) is 0 Å². The Morgan fingerprint density at radius 3 is 2.71 bits per heavy atom. The lowest BCUT2D eigenvalue weighted by Gasteiger charge is -2.18. The van der Waals surface area contributed by atoms with Crippen LogP contribution in [0.15, 0.2) is 47.7 Å². The van der Waals surface area contributed by atoms with Gasteiger partial charge in [-0.3, -0.25) is 9.67 Å². The zero-order valence-corrected chi connectivity index (χ0v) is 12.9. The van der Waals surface area contributed by atoms with Gasteiger partial charge in [0.15, 0.2) is 5.96 Å². The summed E-state index contributed by atoms with van der Waals surface area (Å²) in [5.41, 5.74) is 2.42. The summed E-state index contributed by atoms with van der Waals surface area (Å²) >= 11 is 0. The first-order valence-electron chi connectivity index (χ1n) is 7.20. The molecule has 112 valence electrons. The summed E-state index contributed by atoms with van der Waals surface area (Å²) in [4.78, 5) is 4.25. The van der Waals surface area contributed by atoms with E-state index in [1.54, 1.807) is 7.05 Å². The van der Waals surface area contributed by atoms with E-state index >= 15 is 0 Å². The molecule has 1 aromatic carbocycles. The molecule has 1 aromatic heterocycles. The van der Waals surface area contributed by atoms with Gasteiger partial charge >= 0.3 is 0 Å². The Labute approximate surface area is 126 Å². The van der Waals surface area contributed by atoms with Crippen LogP contribution < -0.4 is 10.6 Å². The van der Waals surface area contributed by atoms with Crippen molar-refractivity contribution in [3.05, 3.63) is 53.9 Å². The van der Waals surface area contributed by atoms with E-state index in [9.17, 15) is 0 Å². The van der Waals surface area contributed by atoms with Crippen LogP contribution in [0.1, 0.15) is 24.1 Å². The van der Waals surface area contributed by atoms with Crippen molar-refractivity contribution in [1.82, 2.24) is 20.4 Å². The summed E-state index contributed by atoms with van der Waals surface area (Å²) in [6.07, 6.45) is 3.90. The molecule has 1 heterocycles. The third-order valence-electron chi connectivity index (χ3n) is 3.27. The fraction of sp³-hybridized carbons (Fsp3) is 0.375. The Morgan fingerprint density at radius 2 is 2.10 bits per heavy atom.